The third-order valence-electron chi connectivity index (χ3n) is 3.80. The average molecular weight is 284 g/mol. The number of nitrogens with two attached hydrogens (primary N) is 1. The number of carbonyl (C=O) groups excluding carboxylic acids is 1. The fourth-order valence-corrected chi connectivity index (χ4v) is 2.40. The van der Waals surface area contributed by atoms with Crippen molar-refractivity contribution in [3.63, 3.8) is 0 Å². The Hall–Kier alpha value is -2.23. The van der Waals surface area contributed by atoms with Gasteiger partial charge in [-0.1, -0.05) is 19.1 Å². The van der Waals surface area contributed by atoms with E-state index < -0.39 is 0 Å². The summed E-state index contributed by atoms with van der Waals surface area (Å²) < 4.78 is 5.60. The summed E-state index contributed by atoms with van der Waals surface area (Å²) in [5.74, 6) is 1.27. The van der Waals surface area contributed by atoms with Crippen molar-refractivity contribution in [2.75, 3.05) is 5.73 Å². The highest BCUT2D eigenvalue weighted by atomic mass is 16.4. The van der Waals surface area contributed by atoms with Crippen molar-refractivity contribution in [2.24, 2.45) is 0 Å². The summed E-state index contributed by atoms with van der Waals surface area (Å²) in [6, 6.07) is 11.7. The molecule has 2 aromatic rings. The highest BCUT2D eigenvalue weighted by Crippen LogP contribution is 2.30. The molecule has 110 valence electrons. The van der Waals surface area contributed by atoms with Gasteiger partial charge in [-0.05, 0) is 42.7 Å². The van der Waals surface area contributed by atoms with E-state index in [1.165, 1.54) is 0 Å². The number of carbonyl (C=O) groups is 1. The predicted octanol–water partition coefficient (Wildman–Crippen LogP) is 3.23. The van der Waals surface area contributed by atoms with Gasteiger partial charge in [-0.15, -0.1) is 0 Å². The molecule has 1 aromatic carbocycles. The monoisotopic (exact) mass is 284 g/mol. The van der Waals surface area contributed by atoms with Crippen LogP contribution in [0.2, 0.25) is 0 Å². The van der Waals surface area contributed by atoms with Crippen LogP contribution in [0, 0.1) is 0 Å². The van der Waals surface area contributed by atoms with E-state index in [1.54, 1.807) is 6.07 Å². The Morgan fingerprint density at radius 2 is 1.95 bits per heavy atom. The quantitative estimate of drug-likeness (QED) is 0.857. The fourth-order valence-electron chi connectivity index (χ4n) is 2.40. The Labute approximate surface area is 124 Å². The highest BCUT2D eigenvalue weighted by Gasteiger charge is 2.34. The molecule has 0 spiro atoms. The van der Waals surface area contributed by atoms with E-state index in [0.717, 1.165) is 36.3 Å². The van der Waals surface area contributed by atoms with Crippen molar-refractivity contribution >= 4 is 11.6 Å². The summed E-state index contributed by atoms with van der Waals surface area (Å²) in [7, 11) is 0. The number of amides is 1. The maximum Gasteiger partial charge on any atom is 0.290 e. The van der Waals surface area contributed by atoms with Crippen LogP contribution in [-0.4, -0.2) is 16.8 Å². The van der Waals surface area contributed by atoms with Gasteiger partial charge < -0.3 is 15.1 Å². The molecule has 4 nitrogen and oxygen atoms in total. The third kappa shape index (κ3) is 3.10. The number of anilines is 1. The van der Waals surface area contributed by atoms with Crippen LogP contribution < -0.4 is 5.73 Å². The van der Waals surface area contributed by atoms with E-state index in [9.17, 15) is 4.79 Å². The van der Waals surface area contributed by atoms with Crippen LogP contribution in [0.15, 0.2) is 40.8 Å². The summed E-state index contributed by atoms with van der Waals surface area (Å²) in [6.07, 6.45) is 2.94. The molecule has 1 saturated carbocycles. The zero-order valence-corrected chi connectivity index (χ0v) is 12.2. The van der Waals surface area contributed by atoms with Gasteiger partial charge in [0.15, 0.2) is 5.76 Å². The molecule has 0 radical (unpaired) electrons. The maximum atomic E-state index is 12.6. The van der Waals surface area contributed by atoms with E-state index in [-0.39, 0.29) is 5.91 Å². The van der Waals surface area contributed by atoms with Gasteiger partial charge in [0.05, 0.1) is 0 Å². The van der Waals surface area contributed by atoms with Gasteiger partial charge in [-0.25, -0.2) is 0 Å². The lowest BCUT2D eigenvalue weighted by Gasteiger charge is -2.21. The van der Waals surface area contributed by atoms with E-state index >= 15 is 0 Å². The van der Waals surface area contributed by atoms with Crippen molar-refractivity contribution < 1.29 is 9.21 Å². The van der Waals surface area contributed by atoms with Crippen LogP contribution in [-0.2, 0) is 13.0 Å². The molecular weight excluding hydrogens is 264 g/mol. The number of hydrogen-bond acceptors (Lipinski definition) is 3. The van der Waals surface area contributed by atoms with E-state index in [0.29, 0.717) is 18.3 Å². The minimum absolute atomic E-state index is 0.0194. The molecule has 0 aliphatic heterocycles. The minimum Gasteiger partial charge on any atom is -0.456 e. The molecule has 0 bridgehead atoms. The number of aryl methyl sites for hydroxylation is 1. The SMILES string of the molecule is CCc1ccc(C(=O)N(Cc2ccc(N)cc2)C2CC2)o1. The van der Waals surface area contributed by atoms with Gasteiger partial charge in [0.25, 0.3) is 5.91 Å². The van der Waals surface area contributed by atoms with Gasteiger partial charge in [-0.3, -0.25) is 4.79 Å². The number of nitrogen functional groups attached to an aromatic ring is 1. The topological polar surface area (TPSA) is 59.5 Å². The van der Waals surface area contributed by atoms with Crippen LogP contribution in [0.4, 0.5) is 5.69 Å². The molecule has 3 rings (SSSR count). The summed E-state index contributed by atoms with van der Waals surface area (Å²) in [5, 5.41) is 0. The van der Waals surface area contributed by atoms with Gasteiger partial charge in [0.1, 0.15) is 5.76 Å². The molecule has 21 heavy (non-hydrogen) atoms. The van der Waals surface area contributed by atoms with Crippen molar-refractivity contribution in [2.45, 2.75) is 38.8 Å². The zero-order chi connectivity index (χ0) is 14.8. The first-order valence-electron chi connectivity index (χ1n) is 7.41. The second kappa shape index (κ2) is 5.64. The Morgan fingerprint density at radius 3 is 2.52 bits per heavy atom. The number of nitrogens with zero attached hydrogens (tertiary/aromatic N) is 1. The van der Waals surface area contributed by atoms with Gasteiger partial charge in [-0.2, -0.15) is 0 Å². The van der Waals surface area contributed by atoms with Crippen molar-refractivity contribution in [1.29, 1.82) is 0 Å². The Morgan fingerprint density at radius 1 is 1.24 bits per heavy atom. The van der Waals surface area contributed by atoms with Crippen molar-refractivity contribution in [3.8, 4) is 0 Å². The smallest absolute Gasteiger partial charge is 0.290 e. The molecule has 0 atom stereocenters. The first-order valence-corrected chi connectivity index (χ1v) is 7.41. The summed E-state index contributed by atoms with van der Waals surface area (Å²) in [5.41, 5.74) is 7.53. The average Bonchev–Trinajstić information content (AvgIpc) is 3.22. The second-order valence-corrected chi connectivity index (χ2v) is 5.53. The molecule has 1 aromatic heterocycles. The normalized spacial score (nSPS) is 14.1. The van der Waals surface area contributed by atoms with Crippen LogP contribution in [0.25, 0.3) is 0 Å². The number of furan rings is 1. The largest absolute Gasteiger partial charge is 0.456 e. The standard InChI is InChI=1S/C17H20N2O2/c1-2-15-9-10-16(21-15)17(20)19(14-7-8-14)11-12-3-5-13(18)6-4-12/h3-6,9-10,14H,2,7-8,11,18H2,1H3. The second-order valence-electron chi connectivity index (χ2n) is 5.53. The third-order valence-corrected chi connectivity index (χ3v) is 3.80. The lowest BCUT2D eigenvalue weighted by atomic mass is 10.2. The van der Waals surface area contributed by atoms with E-state index in [2.05, 4.69) is 0 Å². The van der Waals surface area contributed by atoms with Crippen molar-refractivity contribution in [3.05, 3.63) is 53.5 Å². The van der Waals surface area contributed by atoms with E-state index in [1.807, 2.05) is 42.2 Å². The van der Waals surface area contributed by atoms with Gasteiger partial charge >= 0.3 is 0 Å². The van der Waals surface area contributed by atoms with Crippen LogP contribution in [0.3, 0.4) is 0 Å². The lowest BCUT2D eigenvalue weighted by molar-refractivity contribution is 0.0695. The van der Waals surface area contributed by atoms with Gasteiger partial charge in [0, 0.05) is 24.7 Å². The summed E-state index contributed by atoms with van der Waals surface area (Å²) in [6.45, 7) is 2.62. The first-order chi connectivity index (χ1) is 10.2. The lowest BCUT2D eigenvalue weighted by Crippen LogP contribution is -2.32. The molecule has 4 heteroatoms. The number of benzene rings is 1. The molecule has 0 saturated heterocycles. The minimum atomic E-state index is -0.0194. The number of hydrogen-bond donors (Lipinski definition) is 1. The number of rotatable bonds is 5. The summed E-state index contributed by atoms with van der Waals surface area (Å²) >= 11 is 0. The maximum absolute atomic E-state index is 12.6. The highest BCUT2D eigenvalue weighted by molar-refractivity contribution is 5.92. The Balaban J connectivity index is 1.77. The summed E-state index contributed by atoms with van der Waals surface area (Å²) in [4.78, 5) is 14.5. The Kier molecular flexibility index (Phi) is 3.69. The van der Waals surface area contributed by atoms with Crippen LogP contribution >= 0.6 is 0 Å². The van der Waals surface area contributed by atoms with E-state index in [4.69, 9.17) is 10.2 Å². The molecule has 1 amide bonds. The Bertz CT molecular complexity index is 626. The predicted molar refractivity (Wildman–Crippen MR) is 81.8 cm³/mol. The van der Waals surface area contributed by atoms with Gasteiger partial charge in [0.2, 0.25) is 0 Å². The molecule has 1 heterocycles. The molecular formula is C17H20N2O2. The molecule has 1 aliphatic rings. The molecule has 2 N–H and O–H groups in total. The zero-order valence-electron chi connectivity index (χ0n) is 12.2. The van der Waals surface area contributed by atoms with Crippen molar-refractivity contribution in [1.82, 2.24) is 4.90 Å². The van der Waals surface area contributed by atoms with Crippen LogP contribution in [0.1, 0.15) is 41.6 Å². The molecule has 1 aliphatic carbocycles. The molecule has 0 unspecified atom stereocenters. The van der Waals surface area contributed by atoms with Crippen LogP contribution in [0.5, 0.6) is 0 Å². The fraction of sp³-hybridized carbons (Fsp3) is 0.353. The molecule has 1 fully saturated rings. The first kappa shape index (κ1) is 13.7.